The molecule has 0 saturated heterocycles. The number of amides is 1. The van der Waals surface area contributed by atoms with E-state index >= 15 is 0 Å². The molecule has 1 atom stereocenters. The summed E-state index contributed by atoms with van der Waals surface area (Å²) in [5.74, 6) is 1.02. The average Bonchev–Trinajstić information content (AvgIpc) is 3.63. The predicted molar refractivity (Wildman–Crippen MR) is 132 cm³/mol. The van der Waals surface area contributed by atoms with Crippen LogP contribution in [0.15, 0.2) is 55.1 Å². The summed E-state index contributed by atoms with van der Waals surface area (Å²) in [6.45, 7) is 1.22. The van der Waals surface area contributed by atoms with E-state index in [1.54, 1.807) is 31.8 Å². The smallest absolute Gasteiger partial charge is 0.273 e. The lowest BCUT2D eigenvalue weighted by atomic mass is 9.95. The second-order valence-corrected chi connectivity index (χ2v) is 8.42. The molecule has 1 aliphatic rings. The second-order valence-electron chi connectivity index (χ2n) is 8.42. The van der Waals surface area contributed by atoms with Gasteiger partial charge in [-0.2, -0.15) is 5.10 Å². The zero-order valence-electron chi connectivity index (χ0n) is 20.3. The molecule has 5 rings (SSSR count). The minimum absolute atomic E-state index is 0.0949. The second kappa shape index (κ2) is 9.65. The van der Waals surface area contributed by atoms with E-state index in [1.165, 1.54) is 14.2 Å². The van der Waals surface area contributed by atoms with E-state index in [4.69, 9.17) is 14.2 Å². The number of phenolic OH excluding ortho intramolecular Hbond substituents is 1. The fourth-order valence-electron chi connectivity index (χ4n) is 4.66. The number of aryl methyl sites for hydroxylation is 1. The molecule has 3 heterocycles. The van der Waals surface area contributed by atoms with Crippen LogP contribution in [0.3, 0.4) is 0 Å². The third kappa shape index (κ3) is 4.00. The number of ether oxygens (including phenoxy) is 3. The lowest BCUT2D eigenvalue weighted by Crippen LogP contribution is -2.31. The molecule has 36 heavy (non-hydrogen) atoms. The Bertz CT molecular complexity index is 1340. The molecule has 0 radical (unpaired) electrons. The number of benzene rings is 2. The fraction of sp³-hybridized carbons (Fsp3) is 0.269. The number of phenols is 1. The predicted octanol–water partition coefficient (Wildman–Crippen LogP) is 3.64. The van der Waals surface area contributed by atoms with E-state index in [1.807, 2.05) is 39.9 Å². The van der Waals surface area contributed by atoms with Crippen LogP contribution in [-0.4, -0.2) is 63.5 Å². The van der Waals surface area contributed by atoms with Crippen LogP contribution in [-0.2, 0) is 6.54 Å². The van der Waals surface area contributed by atoms with Gasteiger partial charge in [-0.1, -0.05) is 0 Å². The molecule has 1 unspecified atom stereocenters. The van der Waals surface area contributed by atoms with E-state index in [2.05, 4.69) is 15.2 Å². The molecule has 2 aromatic carbocycles. The summed E-state index contributed by atoms with van der Waals surface area (Å²) in [4.78, 5) is 19.5. The van der Waals surface area contributed by atoms with Crippen molar-refractivity contribution in [2.75, 3.05) is 27.9 Å². The lowest BCUT2D eigenvalue weighted by molar-refractivity contribution is 0.0739. The molecule has 0 aliphatic carbocycles. The number of carbonyl (C=O) groups is 1. The quantitative estimate of drug-likeness (QED) is 0.369. The van der Waals surface area contributed by atoms with Crippen molar-refractivity contribution in [2.45, 2.75) is 19.0 Å². The summed E-state index contributed by atoms with van der Waals surface area (Å²) in [7, 11) is 4.57. The average molecular weight is 490 g/mol. The van der Waals surface area contributed by atoms with Crippen LogP contribution < -0.4 is 14.2 Å². The minimum atomic E-state index is -0.463. The van der Waals surface area contributed by atoms with Crippen LogP contribution >= 0.6 is 0 Å². The molecular weight excluding hydrogens is 462 g/mol. The van der Waals surface area contributed by atoms with Crippen molar-refractivity contribution >= 4 is 5.91 Å². The van der Waals surface area contributed by atoms with Gasteiger partial charge in [-0.15, -0.1) is 0 Å². The van der Waals surface area contributed by atoms with Gasteiger partial charge in [-0.05, 0) is 48.4 Å². The van der Waals surface area contributed by atoms with E-state index in [0.29, 0.717) is 17.9 Å². The number of rotatable bonds is 9. The number of carbonyl (C=O) groups excluding carboxylic acids is 1. The highest BCUT2D eigenvalue weighted by molar-refractivity contribution is 6.00. The molecule has 10 nitrogen and oxygen atoms in total. The van der Waals surface area contributed by atoms with Crippen molar-refractivity contribution in [1.82, 2.24) is 24.6 Å². The molecule has 186 valence electrons. The number of methoxy groups -OCH3 is 3. The zero-order chi connectivity index (χ0) is 25.2. The maximum atomic E-state index is 13.6. The Hall–Kier alpha value is -4.47. The molecule has 2 aromatic heterocycles. The molecule has 2 N–H and O–H groups in total. The molecule has 10 heteroatoms. The number of H-pyrrole nitrogens is 1. The molecule has 1 amide bonds. The normalized spacial score (nSPS) is 14.7. The van der Waals surface area contributed by atoms with Crippen molar-refractivity contribution < 1.29 is 24.1 Å². The SMILES string of the molecule is COc1ccc(-c2n[nH]c3c2C(c2cc(OC)c(O)c(OC)c2)N(CCCn2ccnc2)C3=O)cc1. The third-order valence-corrected chi connectivity index (χ3v) is 6.42. The summed E-state index contributed by atoms with van der Waals surface area (Å²) in [5.41, 5.74) is 3.48. The van der Waals surface area contributed by atoms with Gasteiger partial charge in [0.1, 0.15) is 11.4 Å². The number of aromatic nitrogens is 4. The topological polar surface area (TPSA) is 115 Å². The Morgan fingerprint density at radius 2 is 1.75 bits per heavy atom. The van der Waals surface area contributed by atoms with Crippen LogP contribution in [0.1, 0.15) is 34.1 Å². The number of hydrogen-bond acceptors (Lipinski definition) is 7. The molecule has 0 saturated carbocycles. The van der Waals surface area contributed by atoms with Crippen LogP contribution in [0.25, 0.3) is 11.3 Å². The Kier molecular flexibility index (Phi) is 6.24. The van der Waals surface area contributed by atoms with Gasteiger partial charge < -0.3 is 28.8 Å². The van der Waals surface area contributed by atoms with Crippen molar-refractivity contribution in [3.8, 4) is 34.3 Å². The Morgan fingerprint density at radius 1 is 1.03 bits per heavy atom. The summed E-state index contributed by atoms with van der Waals surface area (Å²) in [6.07, 6.45) is 6.11. The van der Waals surface area contributed by atoms with Gasteiger partial charge in [-0.3, -0.25) is 9.89 Å². The van der Waals surface area contributed by atoms with Gasteiger partial charge in [0.15, 0.2) is 11.5 Å². The third-order valence-electron chi connectivity index (χ3n) is 6.42. The number of aromatic amines is 1. The van der Waals surface area contributed by atoms with Gasteiger partial charge in [0.05, 0.1) is 39.4 Å². The monoisotopic (exact) mass is 489 g/mol. The van der Waals surface area contributed by atoms with Gasteiger partial charge in [-0.25, -0.2) is 4.98 Å². The largest absolute Gasteiger partial charge is 0.502 e. The van der Waals surface area contributed by atoms with Crippen LogP contribution in [0.5, 0.6) is 23.0 Å². The Morgan fingerprint density at radius 3 is 2.36 bits per heavy atom. The maximum absolute atomic E-state index is 13.6. The summed E-state index contributed by atoms with van der Waals surface area (Å²) < 4.78 is 18.1. The standard InChI is InChI=1S/C26H27N5O5/c1-34-18-7-5-16(6-8-18)22-21-23(29-28-22)26(33)31(11-4-10-30-12-9-27-15-30)24(21)17-13-19(35-2)25(32)20(14-17)36-3/h5-9,12-15,24,32H,4,10-11H2,1-3H3,(H,28,29). The summed E-state index contributed by atoms with van der Waals surface area (Å²) in [5, 5.41) is 18.0. The number of hydrogen-bond donors (Lipinski definition) is 2. The van der Waals surface area contributed by atoms with E-state index < -0.39 is 6.04 Å². The van der Waals surface area contributed by atoms with Crippen LogP contribution in [0.4, 0.5) is 0 Å². The first-order valence-electron chi connectivity index (χ1n) is 11.5. The van der Waals surface area contributed by atoms with Crippen molar-refractivity contribution in [2.24, 2.45) is 0 Å². The lowest BCUT2D eigenvalue weighted by Gasteiger charge is -2.27. The Labute approximate surface area is 208 Å². The van der Waals surface area contributed by atoms with Gasteiger partial charge in [0.25, 0.3) is 5.91 Å². The van der Waals surface area contributed by atoms with Crippen molar-refractivity contribution in [1.29, 1.82) is 0 Å². The van der Waals surface area contributed by atoms with Gasteiger partial charge in [0.2, 0.25) is 5.75 Å². The highest BCUT2D eigenvalue weighted by Crippen LogP contribution is 2.47. The number of fused-ring (bicyclic) bond motifs is 1. The zero-order valence-corrected chi connectivity index (χ0v) is 20.3. The number of aromatic hydroxyl groups is 1. The molecule has 4 aromatic rings. The first-order valence-corrected chi connectivity index (χ1v) is 11.5. The fourth-order valence-corrected chi connectivity index (χ4v) is 4.66. The Balaban J connectivity index is 1.59. The van der Waals surface area contributed by atoms with Crippen molar-refractivity contribution in [3.05, 3.63) is 71.9 Å². The van der Waals surface area contributed by atoms with E-state index in [9.17, 15) is 9.90 Å². The summed E-state index contributed by atoms with van der Waals surface area (Å²) >= 11 is 0. The first-order chi connectivity index (χ1) is 17.5. The van der Waals surface area contributed by atoms with E-state index in [-0.39, 0.29) is 23.2 Å². The highest BCUT2D eigenvalue weighted by atomic mass is 16.5. The maximum Gasteiger partial charge on any atom is 0.273 e. The van der Waals surface area contributed by atoms with Crippen molar-refractivity contribution in [3.63, 3.8) is 0 Å². The van der Waals surface area contributed by atoms with E-state index in [0.717, 1.165) is 35.4 Å². The van der Waals surface area contributed by atoms with Crippen LogP contribution in [0.2, 0.25) is 0 Å². The molecule has 0 bridgehead atoms. The first kappa shape index (κ1) is 23.3. The molecule has 1 aliphatic heterocycles. The number of nitrogens with one attached hydrogen (secondary N) is 1. The highest BCUT2D eigenvalue weighted by Gasteiger charge is 2.42. The number of imidazole rings is 1. The number of nitrogens with zero attached hydrogens (tertiary/aromatic N) is 4. The molecule has 0 fully saturated rings. The van der Waals surface area contributed by atoms with Gasteiger partial charge >= 0.3 is 0 Å². The van der Waals surface area contributed by atoms with Crippen LogP contribution in [0, 0.1) is 0 Å². The minimum Gasteiger partial charge on any atom is -0.502 e. The van der Waals surface area contributed by atoms with Gasteiger partial charge in [0, 0.05) is 36.6 Å². The molecule has 0 spiro atoms. The summed E-state index contributed by atoms with van der Waals surface area (Å²) in [6, 6.07) is 10.6. The molecular formula is C26H27N5O5.